The van der Waals surface area contributed by atoms with Gasteiger partial charge in [-0.3, -0.25) is 0 Å². The van der Waals surface area contributed by atoms with Crippen LogP contribution in [0.3, 0.4) is 0 Å². The summed E-state index contributed by atoms with van der Waals surface area (Å²) in [6.45, 7) is 1.32. The molecule has 4 rings (SSSR count). The summed E-state index contributed by atoms with van der Waals surface area (Å²) in [6, 6.07) is 15.9. The van der Waals surface area contributed by atoms with Crippen molar-refractivity contribution in [2.45, 2.75) is 67.0 Å². The first-order chi connectivity index (χ1) is 14.3. The normalized spacial score (nSPS) is 38.3. The minimum atomic E-state index is -2.23. The van der Waals surface area contributed by atoms with Crippen molar-refractivity contribution in [1.82, 2.24) is 0 Å². The second kappa shape index (κ2) is 7.41. The number of aliphatic hydroxyl groups excluding tert-OH is 3. The van der Waals surface area contributed by atoms with Gasteiger partial charge in [-0.1, -0.05) is 67.9 Å². The van der Waals surface area contributed by atoms with Crippen LogP contribution in [0.4, 0.5) is 0 Å². The van der Waals surface area contributed by atoms with Gasteiger partial charge in [-0.15, -0.1) is 0 Å². The van der Waals surface area contributed by atoms with Crippen LogP contribution < -0.4 is 0 Å². The molecule has 7 atom stereocenters. The molecule has 30 heavy (non-hydrogen) atoms. The van der Waals surface area contributed by atoms with Crippen molar-refractivity contribution in [3.05, 3.63) is 71.3 Å². The molecule has 2 aliphatic carbocycles. The molecule has 2 aromatic carbocycles. The number of benzene rings is 2. The van der Waals surface area contributed by atoms with E-state index in [2.05, 4.69) is 6.92 Å². The summed E-state index contributed by atoms with van der Waals surface area (Å²) in [5.41, 5.74) is -4.35. The molecule has 0 radical (unpaired) electrons. The molecule has 0 heterocycles. The van der Waals surface area contributed by atoms with Crippen molar-refractivity contribution < 1.29 is 30.6 Å². The lowest BCUT2D eigenvalue weighted by molar-refractivity contribution is -0.459. The zero-order chi connectivity index (χ0) is 21.7. The van der Waals surface area contributed by atoms with Crippen LogP contribution in [-0.2, 0) is 6.42 Å². The Bertz CT molecular complexity index is 886. The van der Waals surface area contributed by atoms with Crippen LogP contribution in [0, 0.1) is 0 Å². The van der Waals surface area contributed by atoms with Crippen molar-refractivity contribution in [3.8, 4) is 0 Å². The maximum absolute atomic E-state index is 11.5. The van der Waals surface area contributed by atoms with Crippen molar-refractivity contribution in [3.63, 3.8) is 0 Å². The molecule has 162 valence electrons. The van der Waals surface area contributed by atoms with E-state index >= 15 is 0 Å². The average Bonchev–Trinajstić information content (AvgIpc) is 2.78. The number of unbranched alkanes of at least 4 members (excludes halogenated alkanes) is 1. The predicted octanol–water partition coefficient (Wildman–Crippen LogP) is 0.831. The van der Waals surface area contributed by atoms with Crippen LogP contribution in [-0.4, -0.2) is 66.3 Å². The smallest absolute Gasteiger partial charge is 0.138 e. The fraction of sp³-hybridized carbons (Fsp3) is 0.500. The summed E-state index contributed by atoms with van der Waals surface area (Å²) < 4.78 is 0. The fourth-order valence-electron chi connectivity index (χ4n) is 5.73. The lowest BCUT2D eigenvalue weighted by atomic mass is 9.30. The molecule has 0 aliphatic heterocycles. The second-order valence-electron chi connectivity index (χ2n) is 8.73. The highest BCUT2D eigenvalue weighted by Gasteiger charge is 2.93. The quantitative estimate of drug-likeness (QED) is 0.399. The van der Waals surface area contributed by atoms with E-state index < -0.39 is 47.5 Å². The van der Waals surface area contributed by atoms with Crippen molar-refractivity contribution in [2.24, 2.45) is 0 Å². The van der Waals surface area contributed by atoms with E-state index in [-0.39, 0.29) is 0 Å². The highest BCUT2D eigenvalue weighted by atomic mass is 16.5. The molecule has 2 aromatic rings. The summed E-state index contributed by atoms with van der Waals surface area (Å²) in [7, 11) is 0. The first-order valence-corrected chi connectivity index (χ1v) is 10.6. The molecule has 0 amide bonds. The van der Waals surface area contributed by atoms with E-state index in [4.69, 9.17) is 0 Å². The summed E-state index contributed by atoms with van der Waals surface area (Å²) in [6.07, 6.45) is -0.00668. The second-order valence-corrected chi connectivity index (χ2v) is 8.73. The third kappa shape index (κ3) is 2.46. The number of aliphatic hydroxyl groups is 6. The van der Waals surface area contributed by atoms with Gasteiger partial charge >= 0.3 is 0 Å². The summed E-state index contributed by atoms with van der Waals surface area (Å²) >= 11 is 0. The molecule has 3 unspecified atom stereocenters. The monoisotopic (exact) mass is 414 g/mol. The topological polar surface area (TPSA) is 121 Å². The van der Waals surface area contributed by atoms with Crippen molar-refractivity contribution >= 4 is 0 Å². The van der Waals surface area contributed by atoms with Crippen LogP contribution in [0.15, 0.2) is 54.6 Å². The van der Waals surface area contributed by atoms with E-state index in [1.807, 2.05) is 12.1 Å². The molecular weight excluding hydrogens is 384 g/mol. The van der Waals surface area contributed by atoms with Gasteiger partial charge in [0.1, 0.15) is 22.9 Å². The minimum Gasteiger partial charge on any atom is -0.394 e. The maximum Gasteiger partial charge on any atom is 0.138 e. The molecule has 6 N–H and O–H groups in total. The molecule has 6 nitrogen and oxygen atoms in total. The van der Waals surface area contributed by atoms with Crippen LogP contribution in [0.5, 0.6) is 0 Å². The van der Waals surface area contributed by atoms with Crippen LogP contribution in [0.1, 0.15) is 48.3 Å². The lowest BCUT2D eigenvalue weighted by Crippen LogP contribution is -2.99. The maximum atomic E-state index is 11.5. The highest BCUT2D eigenvalue weighted by Crippen LogP contribution is 2.75. The zero-order valence-corrected chi connectivity index (χ0v) is 17.0. The van der Waals surface area contributed by atoms with E-state index in [1.54, 1.807) is 42.5 Å². The van der Waals surface area contributed by atoms with E-state index in [9.17, 15) is 30.6 Å². The van der Waals surface area contributed by atoms with Crippen LogP contribution in [0.25, 0.3) is 0 Å². The molecule has 0 spiro atoms. The van der Waals surface area contributed by atoms with E-state index in [1.165, 1.54) is 0 Å². The molecule has 2 aliphatic rings. The van der Waals surface area contributed by atoms with Gasteiger partial charge < -0.3 is 30.6 Å². The standard InChI is InChI=1S/C24H30O6/c1-2-3-7-15-10-12-16(13-11-15)19-21(27)23(29)20(17-8-5-4-6-9-17)22(28,18(26)14-25)24(19,23)30/h4-6,8-13,18-21,25-30H,2-3,7,14H2,1H3/t18-,19?,20?,21?,22+,23+,24+/m1/s1. The Kier molecular flexibility index (Phi) is 5.29. The van der Waals surface area contributed by atoms with E-state index in [0.29, 0.717) is 11.1 Å². The molecular formula is C24H30O6. The first-order valence-electron chi connectivity index (χ1n) is 10.6. The van der Waals surface area contributed by atoms with Gasteiger partial charge in [0.25, 0.3) is 0 Å². The number of fused-ring (bicyclic) bond motifs is 1. The van der Waals surface area contributed by atoms with Gasteiger partial charge in [-0.05, 0) is 29.5 Å². The molecule has 2 saturated carbocycles. The fourth-order valence-corrected chi connectivity index (χ4v) is 5.73. The summed E-state index contributed by atoms with van der Waals surface area (Å²) in [5, 5.41) is 65.4. The van der Waals surface area contributed by atoms with E-state index in [0.717, 1.165) is 24.8 Å². The van der Waals surface area contributed by atoms with Crippen LogP contribution >= 0.6 is 0 Å². The molecule has 0 bridgehead atoms. The van der Waals surface area contributed by atoms with Gasteiger partial charge in [-0.25, -0.2) is 0 Å². The zero-order valence-electron chi connectivity index (χ0n) is 17.0. The Morgan fingerprint density at radius 1 is 0.933 bits per heavy atom. The number of aryl methyl sites for hydroxylation is 1. The summed E-state index contributed by atoms with van der Waals surface area (Å²) in [4.78, 5) is 0. The Morgan fingerprint density at radius 3 is 2.13 bits per heavy atom. The highest BCUT2D eigenvalue weighted by molar-refractivity contribution is 5.55. The SMILES string of the molecule is CCCCc1ccc(C2C(O)[C@@]3(O)C(c4ccccc4)[C@@](O)([C@H](O)CO)[C@@]23O)cc1. The minimum absolute atomic E-state index is 0.465. The largest absolute Gasteiger partial charge is 0.394 e. The van der Waals surface area contributed by atoms with Gasteiger partial charge in [0.05, 0.1) is 18.6 Å². The number of hydrogen-bond donors (Lipinski definition) is 6. The average molecular weight is 414 g/mol. The molecule has 0 aromatic heterocycles. The Balaban J connectivity index is 1.74. The first kappa shape index (κ1) is 21.4. The lowest BCUT2D eigenvalue weighted by Gasteiger charge is -2.80. The Hall–Kier alpha value is -1.80. The predicted molar refractivity (Wildman–Crippen MR) is 111 cm³/mol. The van der Waals surface area contributed by atoms with Gasteiger partial charge in [0.2, 0.25) is 0 Å². The van der Waals surface area contributed by atoms with Crippen molar-refractivity contribution in [2.75, 3.05) is 6.61 Å². The molecule has 0 saturated heterocycles. The third-order valence-electron chi connectivity index (χ3n) is 7.29. The van der Waals surface area contributed by atoms with Gasteiger partial charge in [-0.2, -0.15) is 0 Å². The summed E-state index contributed by atoms with van der Waals surface area (Å²) in [5.74, 6) is -2.16. The number of rotatable bonds is 7. The molecule has 2 fully saturated rings. The van der Waals surface area contributed by atoms with Crippen LogP contribution in [0.2, 0.25) is 0 Å². The third-order valence-corrected chi connectivity index (χ3v) is 7.29. The van der Waals surface area contributed by atoms with Gasteiger partial charge in [0, 0.05) is 5.92 Å². The number of hydrogen-bond acceptors (Lipinski definition) is 6. The Labute approximate surface area is 176 Å². The van der Waals surface area contributed by atoms with Gasteiger partial charge in [0.15, 0.2) is 0 Å². The Morgan fingerprint density at radius 2 is 1.57 bits per heavy atom. The van der Waals surface area contributed by atoms with Crippen molar-refractivity contribution in [1.29, 1.82) is 0 Å². The molecule has 6 heteroatoms.